The van der Waals surface area contributed by atoms with Crippen molar-refractivity contribution in [3.8, 4) is 11.5 Å². The lowest BCUT2D eigenvalue weighted by Crippen LogP contribution is -2.29. The molecule has 0 spiro atoms. The van der Waals surface area contributed by atoms with Crippen LogP contribution in [-0.4, -0.2) is 31.7 Å². The minimum Gasteiger partial charge on any atom is -0.495 e. The summed E-state index contributed by atoms with van der Waals surface area (Å²) in [7, 11) is 2.98. The Labute approximate surface area is 164 Å². The summed E-state index contributed by atoms with van der Waals surface area (Å²) in [6, 6.07) is 3.16. The zero-order valence-corrected chi connectivity index (χ0v) is 16.7. The second-order valence-electron chi connectivity index (χ2n) is 6.57. The van der Waals surface area contributed by atoms with E-state index in [9.17, 15) is 9.59 Å². The van der Waals surface area contributed by atoms with E-state index in [0.29, 0.717) is 27.9 Å². The summed E-state index contributed by atoms with van der Waals surface area (Å²) >= 11 is 6.06. The molecule has 27 heavy (non-hydrogen) atoms. The highest BCUT2D eigenvalue weighted by molar-refractivity contribution is 6.32. The molecule has 1 saturated carbocycles. The van der Waals surface area contributed by atoms with Gasteiger partial charge in [0.15, 0.2) is 0 Å². The molecule has 0 saturated heterocycles. The number of benzene rings is 1. The van der Waals surface area contributed by atoms with Gasteiger partial charge in [0, 0.05) is 23.8 Å². The molecule has 1 aliphatic carbocycles. The van der Waals surface area contributed by atoms with Gasteiger partial charge in [0.05, 0.1) is 31.4 Å². The number of nitrogens with one attached hydrogen (secondary N) is 2. The van der Waals surface area contributed by atoms with Crippen molar-refractivity contribution in [3.63, 3.8) is 0 Å². The van der Waals surface area contributed by atoms with E-state index in [1.54, 1.807) is 19.1 Å². The number of rotatable bonds is 7. The van der Waals surface area contributed by atoms with Crippen LogP contribution in [0, 0.1) is 5.92 Å². The number of halogens is 1. The van der Waals surface area contributed by atoms with Crippen molar-refractivity contribution in [1.82, 2.24) is 5.43 Å². The van der Waals surface area contributed by atoms with Gasteiger partial charge < -0.3 is 14.8 Å². The van der Waals surface area contributed by atoms with Gasteiger partial charge in [0.2, 0.25) is 11.8 Å². The minimum absolute atomic E-state index is 0.0231. The van der Waals surface area contributed by atoms with Crippen LogP contribution in [0.3, 0.4) is 0 Å². The van der Waals surface area contributed by atoms with E-state index >= 15 is 0 Å². The fraction of sp³-hybridized carbons (Fsp3) is 0.526. The van der Waals surface area contributed by atoms with Crippen molar-refractivity contribution < 1.29 is 19.1 Å². The van der Waals surface area contributed by atoms with Crippen LogP contribution < -0.4 is 20.2 Å². The largest absolute Gasteiger partial charge is 0.495 e. The predicted octanol–water partition coefficient (Wildman–Crippen LogP) is 3.76. The van der Waals surface area contributed by atoms with Crippen LogP contribution in [0.2, 0.25) is 5.02 Å². The van der Waals surface area contributed by atoms with Crippen LogP contribution >= 0.6 is 11.6 Å². The number of ether oxygens (including phenoxy) is 2. The van der Waals surface area contributed by atoms with Gasteiger partial charge >= 0.3 is 0 Å². The highest BCUT2D eigenvalue weighted by Crippen LogP contribution is 2.35. The molecule has 148 valence electrons. The summed E-state index contributed by atoms with van der Waals surface area (Å²) in [5.41, 5.74) is 3.53. The molecule has 0 atom stereocenters. The quantitative estimate of drug-likeness (QED) is 0.543. The first-order valence-corrected chi connectivity index (χ1v) is 9.36. The average molecular weight is 396 g/mol. The molecule has 0 aromatic heterocycles. The molecule has 0 bridgehead atoms. The van der Waals surface area contributed by atoms with E-state index in [4.69, 9.17) is 21.1 Å². The predicted molar refractivity (Wildman–Crippen MR) is 106 cm³/mol. The summed E-state index contributed by atoms with van der Waals surface area (Å²) in [6.07, 6.45) is 5.19. The molecule has 2 amide bonds. The third kappa shape index (κ3) is 6.13. The van der Waals surface area contributed by atoms with Gasteiger partial charge in [-0.2, -0.15) is 5.10 Å². The third-order valence-electron chi connectivity index (χ3n) is 4.50. The number of hydrazone groups is 1. The summed E-state index contributed by atoms with van der Waals surface area (Å²) in [5.74, 6) is 0.520. The molecule has 1 aromatic rings. The second kappa shape index (κ2) is 10.2. The highest BCUT2D eigenvalue weighted by atomic mass is 35.5. The first kappa shape index (κ1) is 21.0. The molecule has 0 aliphatic heterocycles. The lowest BCUT2D eigenvalue weighted by atomic mass is 9.89. The number of amides is 2. The maximum absolute atomic E-state index is 12.3. The molecule has 0 heterocycles. The highest BCUT2D eigenvalue weighted by Gasteiger charge is 2.20. The lowest BCUT2D eigenvalue weighted by molar-refractivity contribution is -0.126. The molecule has 0 radical (unpaired) electrons. The Hall–Kier alpha value is -2.28. The molecule has 1 aromatic carbocycles. The van der Waals surface area contributed by atoms with Crippen molar-refractivity contribution in [2.75, 3.05) is 19.5 Å². The van der Waals surface area contributed by atoms with E-state index in [1.165, 1.54) is 20.6 Å². The number of carbonyl (C=O) groups excluding carboxylic acids is 2. The van der Waals surface area contributed by atoms with E-state index in [1.807, 2.05) is 0 Å². The standard InChI is InChI=1S/C19H26ClN3O4/c1-12(22-23-19(25)13-7-5-4-6-8-13)9-18(24)21-15-11-16(26-2)14(20)10-17(15)27-3/h10-11,13H,4-9H2,1-3H3,(H,21,24)(H,23,25)/b22-12+. The molecule has 0 unspecified atom stereocenters. The Morgan fingerprint density at radius 3 is 2.44 bits per heavy atom. The second-order valence-corrected chi connectivity index (χ2v) is 6.98. The topological polar surface area (TPSA) is 89.0 Å². The number of nitrogens with zero attached hydrogens (tertiary/aromatic N) is 1. The van der Waals surface area contributed by atoms with Crippen molar-refractivity contribution >= 4 is 34.8 Å². The molecule has 1 fully saturated rings. The number of anilines is 1. The lowest BCUT2D eigenvalue weighted by Gasteiger charge is -2.19. The first-order chi connectivity index (χ1) is 12.9. The number of methoxy groups -OCH3 is 2. The fourth-order valence-corrected chi connectivity index (χ4v) is 3.26. The molecular weight excluding hydrogens is 370 g/mol. The van der Waals surface area contributed by atoms with E-state index in [0.717, 1.165) is 25.7 Å². The first-order valence-electron chi connectivity index (χ1n) is 8.99. The maximum atomic E-state index is 12.3. The zero-order chi connectivity index (χ0) is 19.8. The van der Waals surface area contributed by atoms with E-state index in [2.05, 4.69) is 15.8 Å². The summed E-state index contributed by atoms with van der Waals surface area (Å²) in [6.45, 7) is 1.69. The Morgan fingerprint density at radius 2 is 1.81 bits per heavy atom. The molecule has 7 nitrogen and oxygen atoms in total. The maximum Gasteiger partial charge on any atom is 0.243 e. The molecule has 2 N–H and O–H groups in total. The number of carbonyl (C=O) groups is 2. The Kier molecular flexibility index (Phi) is 7.91. The fourth-order valence-electron chi connectivity index (χ4n) is 3.03. The van der Waals surface area contributed by atoms with Gasteiger partial charge in [0.25, 0.3) is 0 Å². The van der Waals surface area contributed by atoms with Gasteiger partial charge in [-0.05, 0) is 19.8 Å². The Morgan fingerprint density at radius 1 is 1.15 bits per heavy atom. The minimum atomic E-state index is -0.286. The van der Waals surface area contributed by atoms with Crippen LogP contribution in [0.25, 0.3) is 0 Å². The van der Waals surface area contributed by atoms with Gasteiger partial charge in [-0.3, -0.25) is 9.59 Å². The number of hydrogen-bond donors (Lipinski definition) is 2. The molecular formula is C19H26ClN3O4. The normalized spacial score (nSPS) is 15.2. The SMILES string of the molecule is COc1cc(NC(=O)C/C(C)=N/NC(=O)C2CCCCC2)c(OC)cc1Cl. The van der Waals surface area contributed by atoms with Crippen molar-refractivity contribution in [1.29, 1.82) is 0 Å². The smallest absolute Gasteiger partial charge is 0.243 e. The van der Waals surface area contributed by atoms with Crippen molar-refractivity contribution in [2.24, 2.45) is 11.0 Å². The van der Waals surface area contributed by atoms with Crippen LogP contribution in [0.4, 0.5) is 5.69 Å². The van der Waals surface area contributed by atoms with Gasteiger partial charge in [-0.15, -0.1) is 0 Å². The van der Waals surface area contributed by atoms with Crippen molar-refractivity contribution in [3.05, 3.63) is 17.2 Å². The Balaban J connectivity index is 1.93. The van der Waals surface area contributed by atoms with Crippen LogP contribution in [0.1, 0.15) is 45.4 Å². The molecule has 8 heteroatoms. The third-order valence-corrected chi connectivity index (χ3v) is 4.79. The molecule has 2 rings (SSSR count). The van der Waals surface area contributed by atoms with Crippen LogP contribution in [0.15, 0.2) is 17.2 Å². The van der Waals surface area contributed by atoms with Gasteiger partial charge in [-0.1, -0.05) is 30.9 Å². The van der Waals surface area contributed by atoms with Crippen LogP contribution in [0.5, 0.6) is 11.5 Å². The van der Waals surface area contributed by atoms with Gasteiger partial charge in [-0.25, -0.2) is 5.43 Å². The van der Waals surface area contributed by atoms with Crippen LogP contribution in [-0.2, 0) is 9.59 Å². The molecule has 1 aliphatic rings. The van der Waals surface area contributed by atoms with Crippen molar-refractivity contribution in [2.45, 2.75) is 45.4 Å². The van der Waals surface area contributed by atoms with E-state index in [-0.39, 0.29) is 24.2 Å². The number of hydrogen-bond acceptors (Lipinski definition) is 5. The zero-order valence-electron chi connectivity index (χ0n) is 15.9. The monoisotopic (exact) mass is 395 g/mol. The summed E-state index contributed by atoms with van der Waals surface area (Å²) in [4.78, 5) is 24.4. The summed E-state index contributed by atoms with van der Waals surface area (Å²) < 4.78 is 10.4. The summed E-state index contributed by atoms with van der Waals surface area (Å²) in [5, 5.41) is 7.18. The van der Waals surface area contributed by atoms with E-state index < -0.39 is 0 Å². The Bertz CT molecular complexity index is 715. The van der Waals surface area contributed by atoms with Gasteiger partial charge in [0.1, 0.15) is 11.5 Å². The average Bonchev–Trinajstić information content (AvgIpc) is 2.67.